The lowest BCUT2D eigenvalue weighted by Crippen LogP contribution is -2.41. The number of nitrogens with zero attached hydrogens (tertiary/aromatic N) is 3. The summed E-state index contributed by atoms with van der Waals surface area (Å²) >= 11 is 0. The number of carbonyl (C=O) groups excluding carboxylic acids is 1. The van der Waals surface area contributed by atoms with Gasteiger partial charge in [-0.15, -0.1) is 0 Å². The maximum Gasteiger partial charge on any atom is 0.240 e. The first-order chi connectivity index (χ1) is 15.4. The van der Waals surface area contributed by atoms with Gasteiger partial charge in [-0.3, -0.25) is 9.78 Å². The number of pyridine rings is 1. The maximum absolute atomic E-state index is 12.8. The van der Waals surface area contributed by atoms with Crippen molar-refractivity contribution in [2.45, 2.75) is 49.6 Å². The third-order valence-corrected chi connectivity index (χ3v) is 7.42. The van der Waals surface area contributed by atoms with Gasteiger partial charge in [0, 0.05) is 36.7 Å². The number of aromatic nitrogens is 3. The van der Waals surface area contributed by atoms with E-state index in [0.29, 0.717) is 25.7 Å². The van der Waals surface area contributed by atoms with Gasteiger partial charge < -0.3 is 5.32 Å². The van der Waals surface area contributed by atoms with Crippen LogP contribution < -0.4 is 10.0 Å². The van der Waals surface area contributed by atoms with Crippen LogP contribution >= 0.6 is 0 Å². The first kappa shape index (κ1) is 22.2. The molecule has 1 aliphatic rings. The van der Waals surface area contributed by atoms with Crippen molar-refractivity contribution in [2.24, 2.45) is 5.92 Å². The smallest absolute Gasteiger partial charge is 0.240 e. The van der Waals surface area contributed by atoms with E-state index in [1.807, 2.05) is 25.1 Å². The molecular weight excluding hydrogens is 426 g/mol. The highest BCUT2D eigenvalue weighted by Crippen LogP contribution is 2.27. The molecule has 1 amide bonds. The van der Waals surface area contributed by atoms with Crippen molar-refractivity contribution in [3.05, 3.63) is 72.8 Å². The van der Waals surface area contributed by atoms with E-state index in [1.165, 1.54) is 0 Å². The lowest BCUT2D eigenvalue weighted by atomic mass is 9.85. The fraction of sp³-hybridized carbons (Fsp3) is 0.348. The van der Waals surface area contributed by atoms with Crippen LogP contribution in [0.15, 0.2) is 72.1 Å². The molecule has 0 unspecified atom stereocenters. The SMILES string of the molecule is C[C@@H](NC(=O)[C@H]1CC[C@H](NS(=O)(=O)c2ccc(-n3cccn3)cc2)CC1)c1cccnc1. The molecule has 1 saturated carbocycles. The lowest BCUT2D eigenvalue weighted by molar-refractivity contribution is -0.126. The molecular formula is C23H27N5O3S. The van der Waals surface area contributed by atoms with Gasteiger partial charge in [-0.05, 0) is 74.6 Å². The van der Waals surface area contributed by atoms with Gasteiger partial charge in [0.1, 0.15) is 0 Å². The van der Waals surface area contributed by atoms with Gasteiger partial charge in [-0.1, -0.05) is 6.07 Å². The molecule has 0 spiro atoms. The highest BCUT2D eigenvalue weighted by molar-refractivity contribution is 7.89. The molecule has 0 aliphatic heterocycles. The topological polar surface area (TPSA) is 106 Å². The normalized spacial score (nSPS) is 19.9. The molecule has 0 bridgehead atoms. The molecule has 0 saturated heterocycles. The summed E-state index contributed by atoms with van der Waals surface area (Å²) in [6, 6.07) is 11.9. The van der Waals surface area contributed by atoms with Gasteiger partial charge in [0.2, 0.25) is 15.9 Å². The summed E-state index contributed by atoms with van der Waals surface area (Å²) < 4.78 is 30.1. The molecule has 168 valence electrons. The zero-order chi connectivity index (χ0) is 22.6. The van der Waals surface area contributed by atoms with Gasteiger partial charge in [-0.25, -0.2) is 17.8 Å². The molecule has 2 N–H and O–H groups in total. The largest absolute Gasteiger partial charge is 0.349 e. The van der Waals surface area contributed by atoms with E-state index in [0.717, 1.165) is 11.3 Å². The Balaban J connectivity index is 1.30. The molecule has 8 nitrogen and oxygen atoms in total. The predicted octanol–water partition coefficient (Wildman–Crippen LogP) is 2.98. The van der Waals surface area contributed by atoms with E-state index in [1.54, 1.807) is 53.7 Å². The van der Waals surface area contributed by atoms with Crippen LogP contribution in [-0.4, -0.2) is 35.1 Å². The van der Waals surface area contributed by atoms with E-state index in [4.69, 9.17) is 0 Å². The molecule has 1 aliphatic carbocycles. The zero-order valence-corrected chi connectivity index (χ0v) is 18.7. The Bertz CT molecular complexity index is 1120. The summed E-state index contributed by atoms with van der Waals surface area (Å²) in [6.07, 6.45) is 9.48. The third kappa shape index (κ3) is 5.23. The second-order valence-corrected chi connectivity index (χ2v) is 9.84. The summed E-state index contributed by atoms with van der Waals surface area (Å²) in [5, 5.41) is 7.19. The molecule has 4 rings (SSSR count). The average molecular weight is 454 g/mol. The number of hydrogen-bond donors (Lipinski definition) is 2. The van der Waals surface area contributed by atoms with Crippen molar-refractivity contribution in [1.82, 2.24) is 24.8 Å². The van der Waals surface area contributed by atoms with E-state index in [-0.39, 0.29) is 28.8 Å². The zero-order valence-electron chi connectivity index (χ0n) is 17.9. The van der Waals surface area contributed by atoms with E-state index in [9.17, 15) is 13.2 Å². The molecule has 2 heterocycles. The molecule has 2 aromatic heterocycles. The Morgan fingerprint density at radius 2 is 1.81 bits per heavy atom. The molecule has 1 aromatic carbocycles. The number of rotatable bonds is 7. The first-order valence-electron chi connectivity index (χ1n) is 10.7. The van der Waals surface area contributed by atoms with Crippen LogP contribution in [0.25, 0.3) is 5.69 Å². The van der Waals surface area contributed by atoms with Gasteiger partial charge in [-0.2, -0.15) is 5.10 Å². The van der Waals surface area contributed by atoms with E-state index in [2.05, 4.69) is 20.1 Å². The molecule has 3 aromatic rings. The van der Waals surface area contributed by atoms with Gasteiger partial charge in [0.05, 0.1) is 16.6 Å². The Morgan fingerprint density at radius 1 is 1.06 bits per heavy atom. The van der Waals surface area contributed by atoms with Gasteiger partial charge >= 0.3 is 0 Å². The minimum atomic E-state index is -3.63. The Kier molecular flexibility index (Phi) is 6.66. The minimum Gasteiger partial charge on any atom is -0.349 e. The average Bonchev–Trinajstić information content (AvgIpc) is 3.35. The second kappa shape index (κ2) is 9.62. The van der Waals surface area contributed by atoms with Crippen molar-refractivity contribution in [1.29, 1.82) is 0 Å². The molecule has 0 radical (unpaired) electrons. The molecule has 1 fully saturated rings. The second-order valence-electron chi connectivity index (χ2n) is 8.13. The predicted molar refractivity (Wildman–Crippen MR) is 120 cm³/mol. The van der Waals surface area contributed by atoms with Crippen molar-refractivity contribution >= 4 is 15.9 Å². The molecule has 32 heavy (non-hydrogen) atoms. The Labute approximate surface area is 188 Å². The monoisotopic (exact) mass is 453 g/mol. The van der Waals surface area contributed by atoms with Crippen LogP contribution in [0, 0.1) is 5.92 Å². The van der Waals surface area contributed by atoms with Crippen molar-refractivity contribution in [2.75, 3.05) is 0 Å². The summed E-state index contributed by atoms with van der Waals surface area (Å²) in [4.78, 5) is 17.0. The highest BCUT2D eigenvalue weighted by Gasteiger charge is 2.29. The summed E-state index contributed by atoms with van der Waals surface area (Å²) in [7, 11) is -3.63. The highest BCUT2D eigenvalue weighted by atomic mass is 32.2. The summed E-state index contributed by atoms with van der Waals surface area (Å²) in [5.41, 5.74) is 1.75. The van der Waals surface area contributed by atoms with E-state index < -0.39 is 10.0 Å². The number of sulfonamides is 1. The van der Waals surface area contributed by atoms with Crippen LogP contribution in [0.4, 0.5) is 0 Å². The minimum absolute atomic E-state index is 0.0110. The van der Waals surface area contributed by atoms with Crippen LogP contribution in [0.5, 0.6) is 0 Å². The fourth-order valence-electron chi connectivity index (χ4n) is 4.01. The first-order valence-corrected chi connectivity index (χ1v) is 12.2. The van der Waals surface area contributed by atoms with Crippen molar-refractivity contribution in [3.63, 3.8) is 0 Å². The van der Waals surface area contributed by atoms with Crippen molar-refractivity contribution in [3.8, 4) is 5.69 Å². The van der Waals surface area contributed by atoms with Crippen LogP contribution in [0.1, 0.15) is 44.2 Å². The number of carbonyl (C=O) groups is 1. The van der Waals surface area contributed by atoms with Crippen LogP contribution in [0.2, 0.25) is 0 Å². The van der Waals surface area contributed by atoms with E-state index >= 15 is 0 Å². The Hall–Kier alpha value is -3.04. The molecule has 9 heteroatoms. The van der Waals surface area contributed by atoms with Crippen molar-refractivity contribution < 1.29 is 13.2 Å². The molecule has 1 atom stereocenters. The third-order valence-electron chi connectivity index (χ3n) is 5.88. The number of benzene rings is 1. The number of amides is 1. The maximum atomic E-state index is 12.8. The van der Waals surface area contributed by atoms with Gasteiger partial charge in [0.25, 0.3) is 0 Å². The number of hydrogen-bond acceptors (Lipinski definition) is 5. The standard InChI is InChI=1S/C23H27N5O3S/c1-17(19-4-2-13-24-16-19)26-23(29)18-5-7-20(8-6-18)27-32(30,31)22-11-9-21(10-12-22)28-15-3-14-25-28/h2-4,9-18,20,27H,5-8H2,1H3,(H,26,29)/t17-,18-,20-/m1/s1. The number of nitrogens with one attached hydrogen (secondary N) is 2. The quantitative estimate of drug-likeness (QED) is 0.572. The Morgan fingerprint density at radius 3 is 2.44 bits per heavy atom. The van der Waals surface area contributed by atoms with Gasteiger partial charge in [0.15, 0.2) is 0 Å². The summed E-state index contributed by atoms with van der Waals surface area (Å²) in [5.74, 6) is -0.0971. The van der Waals surface area contributed by atoms with Crippen LogP contribution in [0.3, 0.4) is 0 Å². The lowest BCUT2D eigenvalue weighted by Gasteiger charge is -2.29. The van der Waals surface area contributed by atoms with Crippen LogP contribution in [-0.2, 0) is 14.8 Å². The summed E-state index contributed by atoms with van der Waals surface area (Å²) in [6.45, 7) is 1.94. The fourth-order valence-corrected chi connectivity index (χ4v) is 5.31.